The largest absolute Gasteiger partial charge is 0.406 e. The summed E-state index contributed by atoms with van der Waals surface area (Å²) in [7, 11) is -4.37. The standard InChI is InChI=1S/C21H30O4SSi/c1-21(2,3)27(19-11-7-5-8-12-19,20-13-9-6-10-14-20)25-16-18-26(22,23)17-15-24-4/h5-14H,15-18H2,1-4H3. The Labute approximate surface area is 164 Å². The average molecular weight is 407 g/mol. The fourth-order valence-corrected chi connectivity index (χ4v) is 9.07. The first kappa shape index (κ1) is 21.8. The fraction of sp³-hybridized carbons (Fsp3) is 0.429. The van der Waals surface area contributed by atoms with Gasteiger partial charge in [-0.15, -0.1) is 0 Å². The van der Waals surface area contributed by atoms with Gasteiger partial charge in [0.1, 0.15) is 0 Å². The second-order valence-corrected chi connectivity index (χ2v) is 14.3. The van der Waals surface area contributed by atoms with Crippen LogP contribution in [0.15, 0.2) is 60.7 Å². The van der Waals surface area contributed by atoms with Gasteiger partial charge in [-0.3, -0.25) is 0 Å². The Balaban J connectivity index is 2.41. The molecule has 0 spiro atoms. The highest BCUT2D eigenvalue weighted by atomic mass is 32.2. The molecule has 0 atom stereocenters. The third kappa shape index (κ3) is 5.29. The Morgan fingerprint density at radius 2 is 1.26 bits per heavy atom. The quantitative estimate of drug-likeness (QED) is 0.601. The SMILES string of the molecule is COCCS(=O)(=O)CCO[Si](c1ccccc1)(c1ccccc1)C(C)(C)C. The number of hydrogen-bond donors (Lipinski definition) is 0. The molecule has 0 N–H and O–H groups in total. The number of sulfone groups is 1. The topological polar surface area (TPSA) is 52.6 Å². The molecule has 0 saturated heterocycles. The Kier molecular flexibility index (Phi) is 7.39. The third-order valence-electron chi connectivity index (χ3n) is 4.73. The first-order chi connectivity index (χ1) is 12.7. The lowest BCUT2D eigenvalue weighted by Crippen LogP contribution is -2.66. The van der Waals surface area contributed by atoms with Gasteiger partial charge in [0.05, 0.1) is 18.1 Å². The van der Waals surface area contributed by atoms with Crippen molar-refractivity contribution in [2.75, 3.05) is 31.8 Å². The molecule has 0 aliphatic heterocycles. The molecule has 0 radical (unpaired) electrons. The van der Waals surface area contributed by atoms with Crippen LogP contribution in [0.1, 0.15) is 20.8 Å². The maximum absolute atomic E-state index is 12.3. The maximum Gasteiger partial charge on any atom is 0.261 e. The van der Waals surface area contributed by atoms with E-state index in [1.165, 1.54) is 7.11 Å². The average Bonchev–Trinajstić information content (AvgIpc) is 2.64. The summed E-state index contributed by atoms with van der Waals surface area (Å²) in [6.07, 6.45) is 0. The Bertz CT molecular complexity index is 760. The first-order valence-corrected chi connectivity index (χ1v) is 12.9. The van der Waals surface area contributed by atoms with E-state index in [1.807, 2.05) is 36.4 Å². The second-order valence-electron chi connectivity index (χ2n) is 7.66. The third-order valence-corrected chi connectivity index (χ3v) is 11.3. The molecule has 0 amide bonds. The highest BCUT2D eigenvalue weighted by Crippen LogP contribution is 2.36. The molecule has 0 aliphatic carbocycles. The summed E-state index contributed by atoms with van der Waals surface area (Å²) in [4.78, 5) is 0. The van der Waals surface area contributed by atoms with Gasteiger partial charge < -0.3 is 9.16 Å². The van der Waals surface area contributed by atoms with E-state index in [0.717, 1.165) is 10.4 Å². The highest BCUT2D eigenvalue weighted by molar-refractivity contribution is 7.91. The molecule has 0 heterocycles. The van der Waals surface area contributed by atoms with E-state index >= 15 is 0 Å². The van der Waals surface area contributed by atoms with Crippen LogP contribution in [0.3, 0.4) is 0 Å². The molecule has 0 unspecified atom stereocenters. The van der Waals surface area contributed by atoms with Crippen LogP contribution in [0.5, 0.6) is 0 Å². The zero-order chi connectivity index (χ0) is 20.0. The summed E-state index contributed by atoms with van der Waals surface area (Å²) in [6, 6.07) is 20.5. The summed E-state index contributed by atoms with van der Waals surface area (Å²) in [5.74, 6) is 0.0223. The van der Waals surface area contributed by atoms with Crippen molar-refractivity contribution in [1.82, 2.24) is 0 Å². The maximum atomic E-state index is 12.3. The Hall–Kier alpha value is -1.47. The van der Waals surface area contributed by atoms with Gasteiger partial charge >= 0.3 is 0 Å². The summed E-state index contributed by atoms with van der Waals surface area (Å²) >= 11 is 0. The zero-order valence-electron chi connectivity index (χ0n) is 16.6. The van der Waals surface area contributed by atoms with Crippen molar-refractivity contribution < 1.29 is 17.6 Å². The number of methoxy groups -OCH3 is 1. The van der Waals surface area contributed by atoms with Crippen molar-refractivity contribution in [2.24, 2.45) is 0 Å². The second kappa shape index (κ2) is 9.15. The van der Waals surface area contributed by atoms with Crippen LogP contribution < -0.4 is 10.4 Å². The molecule has 27 heavy (non-hydrogen) atoms. The van der Waals surface area contributed by atoms with Crippen LogP contribution in [-0.4, -0.2) is 48.6 Å². The van der Waals surface area contributed by atoms with E-state index in [2.05, 4.69) is 45.0 Å². The normalized spacial score (nSPS) is 12.9. The molecule has 2 aromatic rings. The predicted octanol–water partition coefficient (Wildman–Crippen LogP) is 2.62. The summed E-state index contributed by atoms with van der Waals surface area (Å²) in [5.41, 5.74) is 0. The van der Waals surface area contributed by atoms with Crippen molar-refractivity contribution in [2.45, 2.75) is 25.8 Å². The molecule has 4 nitrogen and oxygen atoms in total. The number of hydrogen-bond acceptors (Lipinski definition) is 4. The van der Waals surface area contributed by atoms with Gasteiger partial charge in [0, 0.05) is 13.7 Å². The lowest BCUT2D eigenvalue weighted by Gasteiger charge is -2.43. The van der Waals surface area contributed by atoms with Crippen molar-refractivity contribution in [3.8, 4) is 0 Å². The molecule has 0 aromatic heterocycles. The minimum Gasteiger partial charge on any atom is -0.406 e. The molecular weight excluding hydrogens is 376 g/mol. The molecule has 2 rings (SSSR count). The van der Waals surface area contributed by atoms with Gasteiger partial charge in [-0.05, 0) is 15.4 Å². The first-order valence-electron chi connectivity index (χ1n) is 9.17. The van der Waals surface area contributed by atoms with E-state index in [0.29, 0.717) is 0 Å². The number of ether oxygens (including phenoxy) is 1. The van der Waals surface area contributed by atoms with Gasteiger partial charge in [-0.2, -0.15) is 0 Å². The van der Waals surface area contributed by atoms with Crippen LogP contribution in [0.4, 0.5) is 0 Å². The van der Waals surface area contributed by atoms with E-state index in [-0.39, 0.29) is 29.8 Å². The molecule has 148 valence electrons. The molecule has 2 aromatic carbocycles. The number of benzene rings is 2. The van der Waals surface area contributed by atoms with E-state index < -0.39 is 18.2 Å². The van der Waals surface area contributed by atoms with E-state index in [1.54, 1.807) is 0 Å². The molecule has 6 heteroatoms. The van der Waals surface area contributed by atoms with Gasteiger partial charge in [0.25, 0.3) is 8.32 Å². The predicted molar refractivity (Wildman–Crippen MR) is 114 cm³/mol. The summed E-state index contributed by atoms with van der Waals surface area (Å²) < 4.78 is 36.0. The van der Waals surface area contributed by atoms with Crippen LogP contribution in [0, 0.1) is 0 Å². The zero-order valence-corrected chi connectivity index (χ0v) is 18.5. The molecular formula is C21H30O4SSi. The van der Waals surface area contributed by atoms with Crippen molar-refractivity contribution in [3.63, 3.8) is 0 Å². The fourth-order valence-electron chi connectivity index (χ4n) is 3.40. The van der Waals surface area contributed by atoms with E-state index in [4.69, 9.17) is 9.16 Å². The summed E-state index contributed by atoms with van der Waals surface area (Å²) in [6.45, 7) is 6.93. The minimum absolute atomic E-state index is 0.000850. The Morgan fingerprint density at radius 3 is 1.67 bits per heavy atom. The Morgan fingerprint density at radius 1 is 0.815 bits per heavy atom. The van der Waals surface area contributed by atoms with Crippen molar-refractivity contribution in [3.05, 3.63) is 60.7 Å². The molecule has 0 aliphatic rings. The van der Waals surface area contributed by atoms with Crippen molar-refractivity contribution in [1.29, 1.82) is 0 Å². The van der Waals surface area contributed by atoms with Crippen molar-refractivity contribution >= 4 is 28.5 Å². The molecule has 0 fully saturated rings. The molecule has 0 bridgehead atoms. The highest BCUT2D eigenvalue weighted by Gasteiger charge is 2.50. The van der Waals surface area contributed by atoms with Crippen LogP contribution in [-0.2, 0) is 19.0 Å². The van der Waals surface area contributed by atoms with Crippen LogP contribution in [0.25, 0.3) is 0 Å². The monoisotopic (exact) mass is 406 g/mol. The number of rotatable bonds is 9. The van der Waals surface area contributed by atoms with Gasteiger partial charge in [-0.1, -0.05) is 81.4 Å². The smallest absolute Gasteiger partial charge is 0.261 e. The van der Waals surface area contributed by atoms with Gasteiger partial charge in [0.2, 0.25) is 0 Å². The van der Waals surface area contributed by atoms with Crippen LogP contribution >= 0.6 is 0 Å². The van der Waals surface area contributed by atoms with Gasteiger partial charge in [0.15, 0.2) is 9.84 Å². The minimum atomic E-state index is -3.20. The van der Waals surface area contributed by atoms with E-state index in [9.17, 15) is 8.42 Å². The molecule has 0 saturated carbocycles. The lowest BCUT2D eigenvalue weighted by molar-refractivity contribution is 0.217. The summed E-state index contributed by atoms with van der Waals surface area (Å²) in [5, 5.41) is 2.14. The van der Waals surface area contributed by atoms with Crippen LogP contribution in [0.2, 0.25) is 5.04 Å². The van der Waals surface area contributed by atoms with Gasteiger partial charge in [-0.25, -0.2) is 8.42 Å². The lowest BCUT2D eigenvalue weighted by atomic mass is 10.2.